The fraction of sp³-hybridized carbons (Fsp3) is 0.269. The van der Waals surface area contributed by atoms with Gasteiger partial charge >= 0.3 is 5.97 Å². The minimum Gasteiger partial charge on any atom is -0.481 e. The topological polar surface area (TPSA) is 107 Å². The standard InChI is InChI=1S/C26H22ClN3O5/c27-18-11-19-25(29-22(18)16-8-6-15(7-9-16)14-4-2-1-3-5-14)30-26(28-19)35-20-13-34-23-17(10-21(31)32)12-33-24(20)23/h1-9,11,17,20,23-24H,10,12-13H2,(H,31,32)(H,28,29,30)/t17?,20-,23-,24-/m1/s1. The molecule has 35 heavy (non-hydrogen) atoms. The molecule has 0 aliphatic carbocycles. The Morgan fingerprint density at radius 1 is 1.00 bits per heavy atom. The first kappa shape index (κ1) is 22.0. The van der Waals surface area contributed by atoms with Gasteiger partial charge in [-0.25, -0.2) is 4.98 Å². The number of aromatic amines is 1. The van der Waals surface area contributed by atoms with Crippen molar-refractivity contribution in [2.24, 2.45) is 5.92 Å². The molecule has 0 amide bonds. The van der Waals surface area contributed by atoms with Crippen molar-refractivity contribution in [2.75, 3.05) is 13.2 Å². The average molecular weight is 492 g/mol. The van der Waals surface area contributed by atoms with Gasteiger partial charge in [-0.05, 0) is 17.2 Å². The third-order valence-corrected chi connectivity index (χ3v) is 6.77. The van der Waals surface area contributed by atoms with Crippen LogP contribution in [0.5, 0.6) is 6.01 Å². The molecule has 0 saturated carbocycles. The largest absolute Gasteiger partial charge is 0.481 e. The minimum atomic E-state index is -0.863. The SMILES string of the molecule is O=C(O)CC1CO[C@H]2[C@@H]1OC[C@H]2Oc1nc2nc(-c3ccc(-c4ccccc4)cc3)c(Cl)cc2[nH]1. The van der Waals surface area contributed by atoms with Gasteiger partial charge < -0.3 is 24.3 Å². The smallest absolute Gasteiger partial charge is 0.303 e. The lowest BCUT2D eigenvalue weighted by molar-refractivity contribution is -0.138. The van der Waals surface area contributed by atoms with Crippen LogP contribution in [0, 0.1) is 5.92 Å². The Hall–Kier alpha value is -3.46. The molecule has 2 aliphatic rings. The number of aliphatic carboxylic acids is 1. The van der Waals surface area contributed by atoms with E-state index in [0.717, 1.165) is 16.7 Å². The molecule has 2 fully saturated rings. The van der Waals surface area contributed by atoms with E-state index in [1.165, 1.54) is 0 Å². The summed E-state index contributed by atoms with van der Waals surface area (Å²) in [7, 11) is 0. The first-order chi connectivity index (χ1) is 17.0. The molecular formula is C26H22ClN3O5. The number of imidazole rings is 1. The normalized spacial score (nSPS) is 23.5. The summed E-state index contributed by atoms with van der Waals surface area (Å²) in [6.07, 6.45) is -1.00. The molecule has 2 aromatic carbocycles. The molecule has 2 aliphatic heterocycles. The van der Waals surface area contributed by atoms with E-state index in [0.29, 0.717) is 41.1 Å². The molecule has 0 radical (unpaired) electrons. The van der Waals surface area contributed by atoms with Crippen LogP contribution in [-0.2, 0) is 14.3 Å². The summed E-state index contributed by atoms with van der Waals surface area (Å²) in [5, 5.41) is 9.59. The Labute approximate surface area is 205 Å². The second kappa shape index (κ2) is 8.96. The van der Waals surface area contributed by atoms with Crippen molar-refractivity contribution < 1.29 is 24.1 Å². The van der Waals surface area contributed by atoms with Crippen molar-refractivity contribution in [3.05, 3.63) is 65.7 Å². The molecule has 4 heterocycles. The highest BCUT2D eigenvalue weighted by molar-refractivity contribution is 6.33. The Morgan fingerprint density at radius 3 is 2.49 bits per heavy atom. The molecule has 1 unspecified atom stereocenters. The van der Waals surface area contributed by atoms with Gasteiger partial charge in [-0.3, -0.25) is 4.79 Å². The van der Waals surface area contributed by atoms with E-state index < -0.39 is 5.97 Å². The molecule has 9 heteroatoms. The lowest BCUT2D eigenvalue weighted by atomic mass is 9.98. The number of halogens is 1. The maximum absolute atomic E-state index is 11.1. The van der Waals surface area contributed by atoms with E-state index in [1.54, 1.807) is 6.07 Å². The molecular weight excluding hydrogens is 470 g/mol. The zero-order valence-corrected chi connectivity index (χ0v) is 19.3. The van der Waals surface area contributed by atoms with Crippen molar-refractivity contribution in [2.45, 2.75) is 24.7 Å². The zero-order valence-electron chi connectivity index (χ0n) is 18.6. The van der Waals surface area contributed by atoms with Crippen LogP contribution in [0.3, 0.4) is 0 Å². The van der Waals surface area contributed by atoms with Crippen LogP contribution in [-0.4, -0.2) is 57.6 Å². The number of ether oxygens (including phenoxy) is 3. The van der Waals surface area contributed by atoms with Crippen molar-refractivity contribution in [1.29, 1.82) is 0 Å². The van der Waals surface area contributed by atoms with E-state index in [9.17, 15) is 4.79 Å². The number of rotatable bonds is 6. The zero-order chi connectivity index (χ0) is 23.9. The van der Waals surface area contributed by atoms with E-state index >= 15 is 0 Å². The fourth-order valence-corrected chi connectivity index (χ4v) is 5.05. The van der Waals surface area contributed by atoms with Crippen molar-refractivity contribution in [1.82, 2.24) is 15.0 Å². The molecule has 178 valence electrons. The van der Waals surface area contributed by atoms with Gasteiger partial charge in [0.05, 0.1) is 42.0 Å². The number of hydrogen-bond acceptors (Lipinski definition) is 6. The van der Waals surface area contributed by atoms with E-state index in [4.69, 9.17) is 30.9 Å². The minimum absolute atomic E-state index is 0.00997. The third kappa shape index (κ3) is 4.25. The molecule has 6 rings (SSSR count). The Kier molecular flexibility index (Phi) is 5.64. The number of H-pyrrole nitrogens is 1. The summed E-state index contributed by atoms with van der Waals surface area (Å²) >= 11 is 6.57. The van der Waals surface area contributed by atoms with Gasteiger partial charge in [0.1, 0.15) is 6.10 Å². The third-order valence-electron chi connectivity index (χ3n) is 6.48. The number of nitrogens with one attached hydrogen (secondary N) is 1. The maximum Gasteiger partial charge on any atom is 0.303 e. The number of carboxylic acids is 1. The van der Waals surface area contributed by atoms with E-state index in [-0.39, 0.29) is 30.7 Å². The van der Waals surface area contributed by atoms with Gasteiger partial charge in [0, 0.05) is 11.5 Å². The van der Waals surface area contributed by atoms with Crippen LogP contribution in [0.4, 0.5) is 0 Å². The molecule has 8 nitrogen and oxygen atoms in total. The van der Waals surface area contributed by atoms with Crippen molar-refractivity contribution >= 4 is 28.7 Å². The highest BCUT2D eigenvalue weighted by atomic mass is 35.5. The average Bonchev–Trinajstić information content (AvgIpc) is 3.55. The molecule has 2 aromatic heterocycles. The van der Waals surface area contributed by atoms with Crippen molar-refractivity contribution in [3.8, 4) is 28.4 Å². The molecule has 2 N–H and O–H groups in total. The van der Waals surface area contributed by atoms with E-state index in [2.05, 4.69) is 27.1 Å². The van der Waals surface area contributed by atoms with Gasteiger partial charge in [0.15, 0.2) is 11.8 Å². The van der Waals surface area contributed by atoms with Crippen LogP contribution in [0.2, 0.25) is 5.02 Å². The molecule has 4 atom stereocenters. The van der Waals surface area contributed by atoms with Crippen LogP contribution in [0.25, 0.3) is 33.5 Å². The fourth-order valence-electron chi connectivity index (χ4n) is 4.79. The number of benzene rings is 2. The number of carbonyl (C=O) groups is 1. The maximum atomic E-state index is 11.1. The Balaban J connectivity index is 1.21. The summed E-state index contributed by atoms with van der Waals surface area (Å²) in [6, 6.07) is 20.3. The van der Waals surface area contributed by atoms with Crippen molar-refractivity contribution in [3.63, 3.8) is 0 Å². The molecule has 4 aromatic rings. The van der Waals surface area contributed by atoms with E-state index in [1.807, 2.05) is 42.5 Å². The first-order valence-electron chi connectivity index (χ1n) is 11.4. The summed E-state index contributed by atoms with van der Waals surface area (Å²) in [6.45, 7) is 0.640. The molecule has 0 spiro atoms. The number of aromatic nitrogens is 3. The summed E-state index contributed by atoms with van der Waals surface area (Å²) < 4.78 is 17.6. The van der Waals surface area contributed by atoms with Crippen LogP contribution in [0.1, 0.15) is 6.42 Å². The number of pyridine rings is 1. The highest BCUT2D eigenvalue weighted by Crippen LogP contribution is 2.35. The van der Waals surface area contributed by atoms with Gasteiger partial charge in [-0.1, -0.05) is 66.2 Å². The first-order valence-corrected chi connectivity index (χ1v) is 11.8. The van der Waals surface area contributed by atoms with Crippen LogP contribution >= 0.6 is 11.6 Å². The predicted octanol–water partition coefficient (Wildman–Crippen LogP) is 4.58. The van der Waals surface area contributed by atoms with Gasteiger partial charge in [0.25, 0.3) is 6.01 Å². The summed E-state index contributed by atoms with van der Waals surface area (Å²) in [4.78, 5) is 23.4. The lowest BCUT2D eigenvalue weighted by Crippen LogP contribution is -2.34. The number of hydrogen-bond donors (Lipinski definition) is 2. The van der Waals surface area contributed by atoms with Gasteiger partial charge in [-0.15, -0.1) is 0 Å². The summed E-state index contributed by atoms with van der Waals surface area (Å²) in [5.74, 6) is -1.05. The quantitative estimate of drug-likeness (QED) is 0.406. The Morgan fingerprint density at radius 2 is 1.71 bits per heavy atom. The predicted molar refractivity (Wildman–Crippen MR) is 129 cm³/mol. The lowest BCUT2D eigenvalue weighted by Gasteiger charge is -2.16. The highest BCUT2D eigenvalue weighted by Gasteiger charge is 2.49. The Bertz CT molecular complexity index is 1380. The monoisotopic (exact) mass is 491 g/mol. The van der Waals surface area contributed by atoms with Crippen LogP contribution < -0.4 is 4.74 Å². The number of fused-ring (bicyclic) bond motifs is 2. The second-order valence-electron chi connectivity index (χ2n) is 8.79. The molecule has 2 saturated heterocycles. The van der Waals surface area contributed by atoms with Gasteiger partial charge in [-0.2, -0.15) is 4.98 Å². The number of carboxylic acid groups (broad SMARTS) is 1. The summed E-state index contributed by atoms with van der Waals surface area (Å²) in [5.41, 5.74) is 4.91. The second-order valence-corrected chi connectivity index (χ2v) is 9.19. The van der Waals surface area contributed by atoms with Gasteiger partial charge in [0.2, 0.25) is 0 Å². The molecule has 0 bridgehead atoms. The van der Waals surface area contributed by atoms with Crippen LogP contribution in [0.15, 0.2) is 60.7 Å². The number of nitrogens with zero attached hydrogens (tertiary/aromatic N) is 2.